The van der Waals surface area contributed by atoms with Crippen LogP contribution in [0.3, 0.4) is 0 Å². The van der Waals surface area contributed by atoms with Crippen LogP contribution in [0.2, 0.25) is 0 Å². The quantitative estimate of drug-likeness (QED) is 0.759. The van der Waals surface area contributed by atoms with Gasteiger partial charge in [-0.05, 0) is 49.7 Å². The highest BCUT2D eigenvalue weighted by Gasteiger charge is 2.09. The average Bonchev–Trinajstić information content (AvgIpc) is 2.49. The molecule has 0 bridgehead atoms. The Balaban J connectivity index is 1.92. The smallest absolute Gasteiger partial charge is 0.123 e. The van der Waals surface area contributed by atoms with Gasteiger partial charge in [0, 0.05) is 16.7 Å². The van der Waals surface area contributed by atoms with Gasteiger partial charge in [0.05, 0.1) is 0 Å². The maximum Gasteiger partial charge on any atom is 0.123 e. The van der Waals surface area contributed by atoms with Gasteiger partial charge in [0.1, 0.15) is 5.82 Å². The van der Waals surface area contributed by atoms with E-state index in [2.05, 4.69) is 43.4 Å². The number of rotatable bonds is 7. The van der Waals surface area contributed by atoms with Gasteiger partial charge in [-0.3, -0.25) is 0 Å². The van der Waals surface area contributed by atoms with E-state index in [9.17, 15) is 4.39 Å². The molecule has 0 aliphatic rings. The zero-order chi connectivity index (χ0) is 15.1. The minimum absolute atomic E-state index is 0.173. The van der Waals surface area contributed by atoms with Crippen LogP contribution >= 0.6 is 11.8 Å². The summed E-state index contributed by atoms with van der Waals surface area (Å²) in [5.41, 5.74) is 2.46. The van der Waals surface area contributed by atoms with Crippen LogP contribution < -0.4 is 5.32 Å². The van der Waals surface area contributed by atoms with E-state index in [1.807, 2.05) is 23.9 Å². The van der Waals surface area contributed by atoms with E-state index in [0.717, 1.165) is 18.7 Å². The second-order valence-corrected chi connectivity index (χ2v) is 6.30. The molecule has 2 rings (SSSR count). The summed E-state index contributed by atoms with van der Waals surface area (Å²) >= 11 is 1.86. The van der Waals surface area contributed by atoms with E-state index in [1.54, 1.807) is 0 Å². The molecule has 0 aliphatic heterocycles. The Labute approximate surface area is 131 Å². The molecular weight excluding hydrogens is 281 g/mol. The molecule has 1 unspecified atom stereocenters. The highest BCUT2D eigenvalue weighted by Crippen LogP contribution is 2.20. The van der Waals surface area contributed by atoms with E-state index in [1.165, 1.54) is 28.2 Å². The van der Waals surface area contributed by atoms with Crippen LogP contribution in [0.5, 0.6) is 0 Å². The standard InChI is InChI=1S/C18H22FNS/c1-3-20-17(12-15-6-8-16(19)9-7-15)13-21-18-10-4-14(2)5-11-18/h4-11,17,20H,3,12-13H2,1-2H3. The van der Waals surface area contributed by atoms with Crippen molar-refractivity contribution in [2.24, 2.45) is 0 Å². The van der Waals surface area contributed by atoms with Crippen LogP contribution in [0.1, 0.15) is 18.1 Å². The Bertz CT molecular complexity index is 536. The molecule has 2 aromatic rings. The molecule has 0 radical (unpaired) electrons. The zero-order valence-corrected chi connectivity index (χ0v) is 13.4. The fourth-order valence-corrected chi connectivity index (χ4v) is 3.17. The summed E-state index contributed by atoms with van der Waals surface area (Å²) in [7, 11) is 0. The van der Waals surface area contributed by atoms with Gasteiger partial charge >= 0.3 is 0 Å². The lowest BCUT2D eigenvalue weighted by atomic mass is 10.1. The van der Waals surface area contributed by atoms with Crippen LogP contribution in [-0.4, -0.2) is 18.3 Å². The number of thioether (sulfide) groups is 1. The maximum atomic E-state index is 13.0. The van der Waals surface area contributed by atoms with Gasteiger partial charge in [-0.25, -0.2) is 4.39 Å². The van der Waals surface area contributed by atoms with Gasteiger partial charge in [-0.15, -0.1) is 11.8 Å². The second-order valence-electron chi connectivity index (χ2n) is 5.21. The maximum absolute atomic E-state index is 13.0. The van der Waals surface area contributed by atoms with Crippen LogP contribution in [0.15, 0.2) is 53.4 Å². The molecule has 112 valence electrons. The third-order valence-electron chi connectivity index (χ3n) is 3.36. The number of nitrogens with one attached hydrogen (secondary N) is 1. The Hall–Kier alpha value is -1.32. The van der Waals surface area contributed by atoms with Gasteiger partial charge in [0.2, 0.25) is 0 Å². The monoisotopic (exact) mass is 303 g/mol. The Morgan fingerprint density at radius 2 is 1.71 bits per heavy atom. The fourth-order valence-electron chi connectivity index (χ4n) is 2.22. The summed E-state index contributed by atoms with van der Waals surface area (Å²) < 4.78 is 13.0. The molecule has 21 heavy (non-hydrogen) atoms. The number of likely N-dealkylation sites (N-methyl/N-ethyl adjacent to an activating group) is 1. The zero-order valence-electron chi connectivity index (χ0n) is 12.6. The minimum Gasteiger partial charge on any atom is -0.313 e. The predicted molar refractivity (Wildman–Crippen MR) is 89.5 cm³/mol. The lowest BCUT2D eigenvalue weighted by Gasteiger charge is -2.17. The molecule has 0 amide bonds. The lowest BCUT2D eigenvalue weighted by Crippen LogP contribution is -2.33. The Morgan fingerprint density at radius 3 is 2.33 bits per heavy atom. The first kappa shape index (κ1) is 16.1. The van der Waals surface area contributed by atoms with Gasteiger partial charge in [0.25, 0.3) is 0 Å². The van der Waals surface area contributed by atoms with Crippen molar-refractivity contribution in [1.82, 2.24) is 5.32 Å². The first-order valence-corrected chi connectivity index (χ1v) is 8.33. The number of halogens is 1. The van der Waals surface area contributed by atoms with E-state index < -0.39 is 0 Å². The molecule has 0 saturated heterocycles. The molecule has 0 fully saturated rings. The molecule has 0 aromatic heterocycles. The van der Waals surface area contributed by atoms with Crippen molar-refractivity contribution < 1.29 is 4.39 Å². The molecular formula is C18H22FNS. The van der Waals surface area contributed by atoms with Crippen molar-refractivity contribution in [1.29, 1.82) is 0 Å². The first-order chi connectivity index (χ1) is 10.2. The molecule has 1 N–H and O–H groups in total. The third-order valence-corrected chi connectivity index (χ3v) is 4.53. The Kier molecular flexibility index (Phi) is 6.27. The van der Waals surface area contributed by atoms with E-state index in [0.29, 0.717) is 6.04 Å². The van der Waals surface area contributed by atoms with Crippen LogP contribution in [0, 0.1) is 12.7 Å². The van der Waals surface area contributed by atoms with Crippen molar-refractivity contribution in [3.05, 3.63) is 65.5 Å². The SMILES string of the molecule is CCNC(CSc1ccc(C)cc1)Cc1ccc(F)cc1. The summed E-state index contributed by atoms with van der Waals surface area (Å²) in [6.45, 7) is 5.17. The van der Waals surface area contributed by atoms with Crippen molar-refractivity contribution in [2.45, 2.75) is 31.2 Å². The lowest BCUT2D eigenvalue weighted by molar-refractivity contribution is 0.571. The predicted octanol–water partition coefficient (Wildman–Crippen LogP) is 4.45. The van der Waals surface area contributed by atoms with Crippen LogP contribution in [0.25, 0.3) is 0 Å². The molecule has 3 heteroatoms. The van der Waals surface area contributed by atoms with Gasteiger partial charge in [-0.2, -0.15) is 0 Å². The normalized spacial score (nSPS) is 12.3. The number of aryl methyl sites for hydroxylation is 1. The summed E-state index contributed by atoms with van der Waals surface area (Å²) in [4.78, 5) is 1.29. The first-order valence-electron chi connectivity index (χ1n) is 7.34. The van der Waals surface area contributed by atoms with Gasteiger partial charge in [0.15, 0.2) is 0 Å². The van der Waals surface area contributed by atoms with Gasteiger partial charge < -0.3 is 5.32 Å². The minimum atomic E-state index is -0.173. The average molecular weight is 303 g/mol. The highest BCUT2D eigenvalue weighted by molar-refractivity contribution is 7.99. The summed E-state index contributed by atoms with van der Waals surface area (Å²) in [6, 6.07) is 15.8. The van der Waals surface area contributed by atoms with Crippen LogP contribution in [-0.2, 0) is 6.42 Å². The molecule has 0 heterocycles. The topological polar surface area (TPSA) is 12.0 Å². The Morgan fingerprint density at radius 1 is 1.05 bits per heavy atom. The number of hydrogen-bond acceptors (Lipinski definition) is 2. The van der Waals surface area contributed by atoms with Crippen LogP contribution in [0.4, 0.5) is 4.39 Å². The van der Waals surface area contributed by atoms with E-state index in [4.69, 9.17) is 0 Å². The summed E-state index contributed by atoms with van der Waals surface area (Å²) in [5.74, 6) is 0.835. The number of benzene rings is 2. The summed E-state index contributed by atoms with van der Waals surface area (Å²) in [5, 5.41) is 3.51. The largest absolute Gasteiger partial charge is 0.313 e. The van der Waals surface area contributed by atoms with Crippen molar-refractivity contribution >= 4 is 11.8 Å². The summed E-state index contributed by atoms with van der Waals surface area (Å²) in [6.07, 6.45) is 0.924. The second kappa shape index (κ2) is 8.20. The van der Waals surface area contributed by atoms with Gasteiger partial charge in [-0.1, -0.05) is 36.8 Å². The molecule has 1 nitrogen and oxygen atoms in total. The molecule has 0 aliphatic carbocycles. The molecule has 1 atom stereocenters. The van der Waals surface area contributed by atoms with Crippen molar-refractivity contribution in [3.63, 3.8) is 0 Å². The van der Waals surface area contributed by atoms with Crippen molar-refractivity contribution in [2.75, 3.05) is 12.3 Å². The number of hydrogen-bond donors (Lipinski definition) is 1. The molecule has 0 saturated carbocycles. The third kappa shape index (κ3) is 5.52. The molecule has 0 spiro atoms. The van der Waals surface area contributed by atoms with E-state index in [-0.39, 0.29) is 5.82 Å². The molecule has 2 aromatic carbocycles. The van der Waals surface area contributed by atoms with Crippen molar-refractivity contribution in [3.8, 4) is 0 Å². The highest BCUT2D eigenvalue weighted by atomic mass is 32.2. The fraction of sp³-hybridized carbons (Fsp3) is 0.333. The van der Waals surface area contributed by atoms with E-state index >= 15 is 0 Å².